The largest absolute Gasteiger partial charge is 0.310 e. The Labute approximate surface area is 86.4 Å². The molecule has 14 heavy (non-hydrogen) atoms. The summed E-state index contributed by atoms with van der Waals surface area (Å²) in [5.74, 6) is 2.20. The second kappa shape index (κ2) is 3.20. The summed E-state index contributed by atoms with van der Waals surface area (Å²) in [4.78, 5) is 1.23. The van der Waals surface area contributed by atoms with Gasteiger partial charge in [0, 0.05) is 13.0 Å². The Morgan fingerprint density at radius 3 is 3.14 bits per heavy atom. The predicted molar refractivity (Wildman–Crippen MR) is 56.3 cm³/mol. The minimum absolute atomic E-state index is 1.05. The van der Waals surface area contributed by atoms with Crippen molar-refractivity contribution < 1.29 is 0 Å². The van der Waals surface area contributed by atoms with E-state index in [4.69, 9.17) is 0 Å². The Morgan fingerprint density at radius 1 is 1.29 bits per heavy atom. The summed E-state index contributed by atoms with van der Waals surface area (Å²) in [6, 6.07) is 4.17. The molecule has 72 valence electrons. The van der Waals surface area contributed by atoms with Crippen LogP contribution in [0.3, 0.4) is 0 Å². The van der Waals surface area contributed by atoms with Crippen molar-refractivity contribution in [3.05, 3.63) is 23.3 Å². The number of fused-ring (bicyclic) bond motifs is 1. The summed E-state index contributed by atoms with van der Waals surface area (Å²) in [5, 5.41) is 10.6. The van der Waals surface area contributed by atoms with Crippen LogP contribution in [0.4, 0.5) is 0 Å². The first-order valence-electron chi connectivity index (χ1n) is 4.91. The molecule has 0 fully saturated rings. The van der Waals surface area contributed by atoms with Crippen LogP contribution in [0.1, 0.15) is 18.7 Å². The van der Waals surface area contributed by atoms with Crippen LogP contribution in [-0.2, 0) is 13.0 Å². The fourth-order valence-electron chi connectivity index (χ4n) is 1.90. The molecular formula is C10H11N3S. The van der Waals surface area contributed by atoms with Gasteiger partial charge >= 0.3 is 0 Å². The summed E-state index contributed by atoms with van der Waals surface area (Å²) >= 11 is 1.73. The van der Waals surface area contributed by atoms with Crippen molar-refractivity contribution >= 4 is 11.3 Å². The van der Waals surface area contributed by atoms with E-state index in [-0.39, 0.29) is 0 Å². The maximum Gasteiger partial charge on any atom is 0.174 e. The zero-order valence-electron chi connectivity index (χ0n) is 7.81. The quantitative estimate of drug-likeness (QED) is 0.715. The summed E-state index contributed by atoms with van der Waals surface area (Å²) in [7, 11) is 0. The molecule has 3 nitrogen and oxygen atoms in total. The van der Waals surface area contributed by atoms with Gasteiger partial charge in [-0.25, -0.2) is 0 Å². The van der Waals surface area contributed by atoms with E-state index in [0.717, 1.165) is 24.6 Å². The van der Waals surface area contributed by atoms with Gasteiger partial charge in [0.25, 0.3) is 0 Å². The summed E-state index contributed by atoms with van der Waals surface area (Å²) < 4.78 is 2.26. The van der Waals surface area contributed by atoms with Gasteiger partial charge in [-0.1, -0.05) is 6.07 Å². The third-order valence-electron chi connectivity index (χ3n) is 2.60. The Balaban J connectivity index is 2.11. The van der Waals surface area contributed by atoms with E-state index >= 15 is 0 Å². The topological polar surface area (TPSA) is 30.7 Å². The molecule has 1 aliphatic heterocycles. The normalized spacial score (nSPS) is 15.4. The zero-order valence-corrected chi connectivity index (χ0v) is 8.63. The lowest BCUT2D eigenvalue weighted by molar-refractivity contribution is 0.526. The van der Waals surface area contributed by atoms with Gasteiger partial charge in [-0.15, -0.1) is 21.5 Å². The lowest BCUT2D eigenvalue weighted by atomic mass is 10.1. The van der Waals surface area contributed by atoms with Gasteiger partial charge in [-0.3, -0.25) is 0 Å². The Hall–Kier alpha value is -1.16. The number of aromatic nitrogens is 3. The molecule has 0 N–H and O–H groups in total. The maximum atomic E-state index is 4.26. The molecule has 0 spiro atoms. The first-order chi connectivity index (χ1) is 6.95. The average Bonchev–Trinajstić information content (AvgIpc) is 2.85. The van der Waals surface area contributed by atoms with Crippen molar-refractivity contribution in [3.63, 3.8) is 0 Å². The number of thiophene rings is 1. The first-order valence-corrected chi connectivity index (χ1v) is 5.79. The molecule has 2 aromatic rings. The lowest BCUT2D eigenvalue weighted by Gasteiger charge is -2.13. The van der Waals surface area contributed by atoms with E-state index in [1.165, 1.54) is 17.7 Å². The molecule has 0 bridgehead atoms. The summed E-state index contributed by atoms with van der Waals surface area (Å²) in [6.45, 7) is 1.08. The minimum atomic E-state index is 1.05. The molecular weight excluding hydrogens is 194 g/mol. The van der Waals surface area contributed by atoms with Crippen LogP contribution in [0.15, 0.2) is 17.5 Å². The Kier molecular flexibility index (Phi) is 1.87. The predicted octanol–water partition coefficient (Wildman–Crippen LogP) is 2.34. The van der Waals surface area contributed by atoms with Crippen LogP contribution >= 0.6 is 11.3 Å². The second-order valence-corrected chi connectivity index (χ2v) is 4.47. The average molecular weight is 205 g/mol. The third-order valence-corrected chi connectivity index (χ3v) is 3.47. The van der Waals surface area contributed by atoms with E-state index in [0.29, 0.717) is 0 Å². The monoisotopic (exact) mass is 205 g/mol. The Bertz CT molecular complexity index is 430. The highest BCUT2D eigenvalue weighted by Gasteiger charge is 2.16. The van der Waals surface area contributed by atoms with E-state index in [1.54, 1.807) is 11.3 Å². The van der Waals surface area contributed by atoms with Gasteiger partial charge in [0.1, 0.15) is 5.82 Å². The molecule has 0 amide bonds. The van der Waals surface area contributed by atoms with Crippen LogP contribution in [0.2, 0.25) is 0 Å². The molecule has 0 aromatic carbocycles. The SMILES string of the molecule is c1csc(-c2nnc3n2CCCC3)c1. The van der Waals surface area contributed by atoms with Crippen molar-refractivity contribution in [1.82, 2.24) is 14.8 Å². The van der Waals surface area contributed by atoms with Crippen molar-refractivity contribution in [2.75, 3.05) is 0 Å². The zero-order chi connectivity index (χ0) is 9.38. The van der Waals surface area contributed by atoms with Crippen LogP contribution in [0.25, 0.3) is 10.7 Å². The Morgan fingerprint density at radius 2 is 2.29 bits per heavy atom. The first kappa shape index (κ1) is 8.17. The summed E-state index contributed by atoms with van der Waals surface area (Å²) in [6.07, 6.45) is 3.59. The molecule has 3 heterocycles. The molecule has 0 saturated heterocycles. The van der Waals surface area contributed by atoms with Crippen LogP contribution in [0.5, 0.6) is 0 Å². The van der Waals surface area contributed by atoms with E-state index < -0.39 is 0 Å². The molecule has 0 atom stereocenters. The summed E-state index contributed by atoms with van der Waals surface area (Å²) in [5.41, 5.74) is 0. The van der Waals surface area contributed by atoms with Crippen molar-refractivity contribution in [2.45, 2.75) is 25.8 Å². The standard InChI is InChI=1S/C10H11N3S/c1-2-6-13-9(5-1)11-12-10(13)8-4-3-7-14-8/h3-4,7H,1-2,5-6H2. The fourth-order valence-corrected chi connectivity index (χ4v) is 2.61. The van der Waals surface area contributed by atoms with E-state index in [9.17, 15) is 0 Å². The van der Waals surface area contributed by atoms with E-state index in [1.807, 2.05) is 0 Å². The molecule has 0 aliphatic carbocycles. The van der Waals surface area contributed by atoms with Gasteiger partial charge in [0.2, 0.25) is 0 Å². The number of nitrogens with zero attached hydrogens (tertiary/aromatic N) is 3. The van der Waals surface area contributed by atoms with Crippen LogP contribution in [0, 0.1) is 0 Å². The fraction of sp³-hybridized carbons (Fsp3) is 0.400. The number of aryl methyl sites for hydroxylation is 1. The van der Waals surface area contributed by atoms with Gasteiger partial charge in [0.15, 0.2) is 5.82 Å². The highest BCUT2D eigenvalue weighted by atomic mass is 32.1. The van der Waals surface area contributed by atoms with Crippen molar-refractivity contribution in [3.8, 4) is 10.7 Å². The number of hydrogen-bond donors (Lipinski definition) is 0. The maximum absolute atomic E-state index is 4.26. The smallest absolute Gasteiger partial charge is 0.174 e. The van der Waals surface area contributed by atoms with Crippen LogP contribution in [-0.4, -0.2) is 14.8 Å². The molecule has 0 unspecified atom stereocenters. The number of rotatable bonds is 1. The van der Waals surface area contributed by atoms with Gasteiger partial charge < -0.3 is 4.57 Å². The van der Waals surface area contributed by atoms with E-state index in [2.05, 4.69) is 32.3 Å². The molecule has 0 saturated carbocycles. The van der Waals surface area contributed by atoms with Crippen molar-refractivity contribution in [2.24, 2.45) is 0 Å². The molecule has 1 aliphatic rings. The van der Waals surface area contributed by atoms with Crippen LogP contribution < -0.4 is 0 Å². The molecule has 2 aromatic heterocycles. The highest BCUT2D eigenvalue weighted by Crippen LogP contribution is 2.26. The van der Waals surface area contributed by atoms with Gasteiger partial charge in [-0.05, 0) is 24.3 Å². The molecule has 4 heteroatoms. The third kappa shape index (κ3) is 1.18. The minimum Gasteiger partial charge on any atom is -0.310 e. The molecule has 0 radical (unpaired) electrons. The van der Waals surface area contributed by atoms with Gasteiger partial charge in [-0.2, -0.15) is 0 Å². The number of hydrogen-bond acceptors (Lipinski definition) is 3. The lowest BCUT2D eigenvalue weighted by Crippen LogP contribution is -2.11. The highest BCUT2D eigenvalue weighted by molar-refractivity contribution is 7.13. The molecule has 3 rings (SSSR count). The second-order valence-electron chi connectivity index (χ2n) is 3.53. The van der Waals surface area contributed by atoms with Gasteiger partial charge in [0.05, 0.1) is 4.88 Å². The van der Waals surface area contributed by atoms with Crippen molar-refractivity contribution in [1.29, 1.82) is 0 Å².